The predicted octanol–water partition coefficient (Wildman–Crippen LogP) is 3.15. The van der Waals surface area contributed by atoms with Crippen LogP contribution < -0.4 is 10.7 Å². The van der Waals surface area contributed by atoms with Crippen LogP contribution >= 0.6 is 12.2 Å². The van der Waals surface area contributed by atoms with Crippen molar-refractivity contribution in [2.75, 3.05) is 5.32 Å². The Hall–Kier alpha value is -2.27. The molecule has 0 unspecified atom stereocenters. The largest absolute Gasteiger partial charge is 0.329 e. The molecule has 0 atom stereocenters. The SMILES string of the molecule is Fc1ccccc1NC(=S)N/N=C/c1ccccc1. The van der Waals surface area contributed by atoms with E-state index in [1.54, 1.807) is 24.4 Å². The number of thiocarbonyl (C=S) groups is 1. The van der Waals surface area contributed by atoms with Crippen molar-refractivity contribution in [1.82, 2.24) is 5.43 Å². The molecule has 0 radical (unpaired) electrons. The molecule has 0 aliphatic rings. The number of para-hydroxylation sites is 1. The number of nitrogens with zero attached hydrogens (tertiary/aromatic N) is 1. The summed E-state index contributed by atoms with van der Waals surface area (Å²) in [4.78, 5) is 0. The molecule has 2 rings (SSSR count). The molecule has 0 bridgehead atoms. The van der Waals surface area contributed by atoms with Gasteiger partial charge in [0.2, 0.25) is 0 Å². The third-order valence-electron chi connectivity index (χ3n) is 2.30. The molecule has 0 aliphatic heterocycles. The molecule has 0 spiro atoms. The van der Waals surface area contributed by atoms with Gasteiger partial charge in [-0.3, -0.25) is 5.43 Å². The first-order valence-corrected chi connectivity index (χ1v) is 6.06. The number of hydrogen-bond donors (Lipinski definition) is 2. The molecule has 0 fully saturated rings. The van der Waals surface area contributed by atoms with Gasteiger partial charge in [-0.15, -0.1) is 0 Å². The number of anilines is 1. The molecule has 0 aliphatic carbocycles. The van der Waals surface area contributed by atoms with Crippen molar-refractivity contribution in [3.63, 3.8) is 0 Å². The van der Waals surface area contributed by atoms with Crippen molar-refractivity contribution in [3.05, 3.63) is 66.0 Å². The zero-order valence-electron chi connectivity index (χ0n) is 10.0. The lowest BCUT2D eigenvalue weighted by atomic mass is 10.2. The number of rotatable bonds is 3. The fraction of sp³-hybridized carbons (Fsp3) is 0. The van der Waals surface area contributed by atoms with Gasteiger partial charge in [0.25, 0.3) is 0 Å². The van der Waals surface area contributed by atoms with Crippen LogP contribution in [0.4, 0.5) is 10.1 Å². The van der Waals surface area contributed by atoms with Crippen LogP contribution in [-0.2, 0) is 0 Å². The van der Waals surface area contributed by atoms with E-state index in [9.17, 15) is 4.39 Å². The Morgan fingerprint density at radius 1 is 1.05 bits per heavy atom. The Balaban J connectivity index is 1.89. The van der Waals surface area contributed by atoms with E-state index in [0.717, 1.165) is 5.56 Å². The summed E-state index contributed by atoms with van der Waals surface area (Å²) >= 11 is 5.01. The normalized spacial score (nSPS) is 10.4. The van der Waals surface area contributed by atoms with E-state index in [2.05, 4.69) is 15.8 Å². The summed E-state index contributed by atoms with van der Waals surface area (Å²) in [5.74, 6) is -0.362. The summed E-state index contributed by atoms with van der Waals surface area (Å²) in [6, 6.07) is 15.9. The summed E-state index contributed by atoms with van der Waals surface area (Å²) < 4.78 is 13.3. The number of hydrogen-bond acceptors (Lipinski definition) is 2. The first-order chi connectivity index (χ1) is 9.25. The zero-order valence-corrected chi connectivity index (χ0v) is 10.8. The minimum atomic E-state index is -0.362. The van der Waals surface area contributed by atoms with E-state index < -0.39 is 0 Å². The third kappa shape index (κ3) is 4.15. The molecular weight excluding hydrogens is 261 g/mol. The van der Waals surface area contributed by atoms with Crippen molar-refractivity contribution in [1.29, 1.82) is 0 Å². The van der Waals surface area contributed by atoms with Crippen LogP contribution in [0.1, 0.15) is 5.56 Å². The maximum absolute atomic E-state index is 13.3. The van der Waals surface area contributed by atoms with E-state index in [1.807, 2.05) is 30.3 Å². The average molecular weight is 273 g/mol. The number of nitrogens with one attached hydrogen (secondary N) is 2. The van der Waals surface area contributed by atoms with Gasteiger partial charge in [-0.25, -0.2) is 4.39 Å². The zero-order chi connectivity index (χ0) is 13.5. The highest BCUT2D eigenvalue weighted by Gasteiger charge is 2.01. The molecular formula is C14H12FN3S. The quantitative estimate of drug-likeness (QED) is 0.512. The van der Waals surface area contributed by atoms with Crippen molar-refractivity contribution in [2.24, 2.45) is 5.10 Å². The highest BCUT2D eigenvalue weighted by molar-refractivity contribution is 7.80. The minimum Gasteiger partial charge on any atom is -0.329 e. The highest BCUT2D eigenvalue weighted by atomic mass is 32.1. The van der Waals surface area contributed by atoms with Crippen LogP contribution in [0.15, 0.2) is 59.7 Å². The third-order valence-corrected chi connectivity index (χ3v) is 2.49. The molecule has 5 heteroatoms. The van der Waals surface area contributed by atoms with Gasteiger partial charge >= 0.3 is 0 Å². The topological polar surface area (TPSA) is 36.4 Å². The van der Waals surface area contributed by atoms with Crippen LogP contribution in [-0.4, -0.2) is 11.3 Å². The molecule has 96 valence electrons. The second-order valence-electron chi connectivity index (χ2n) is 3.71. The molecule has 2 aromatic rings. The smallest absolute Gasteiger partial charge is 0.191 e. The van der Waals surface area contributed by atoms with Gasteiger partial charge in [0.15, 0.2) is 5.11 Å². The Labute approximate surface area is 116 Å². The molecule has 2 aromatic carbocycles. The maximum Gasteiger partial charge on any atom is 0.191 e. The van der Waals surface area contributed by atoms with Crippen LogP contribution in [0.2, 0.25) is 0 Å². The van der Waals surface area contributed by atoms with Crippen molar-refractivity contribution < 1.29 is 4.39 Å². The maximum atomic E-state index is 13.3. The van der Waals surface area contributed by atoms with E-state index >= 15 is 0 Å². The van der Waals surface area contributed by atoms with Gasteiger partial charge in [0.05, 0.1) is 11.9 Å². The summed E-state index contributed by atoms with van der Waals surface area (Å²) in [6.45, 7) is 0. The number of hydrazone groups is 1. The summed E-state index contributed by atoms with van der Waals surface area (Å²) in [7, 11) is 0. The van der Waals surface area contributed by atoms with E-state index in [-0.39, 0.29) is 10.9 Å². The van der Waals surface area contributed by atoms with Crippen LogP contribution in [0.25, 0.3) is 0 Å². The van der Waals surface area contributed by atoms with Gasteiger partial charge < -0.3 is 5.32 Å². The van der Waals surface area contributed by atoms with Gasteiger partial charge in [0, 0.05) is 0 Å². The Morgan fingerprint density at radius 3 is 2.47 bits per heavy atom. The minimum absolute atomic E-state index is 0.234. The second-order valence-corrected chi connectivity index (χ2v) is 4.12. The van der Waals surface area contributed by atoms with Crippen LogP contribution in [0.5, 0.6) is 0 Å². The van der Waals surface area contributed by atoms with Gasteiger partial charge in [-0.05, 0) is 29.9 Å². The monoisotopic (exact) mass is 273 g/mol. The van der Waals surface area contributed by atoms with Crippen molar-refractivity contribution in [2.45, 2.75) is 0 Å². The van der Waals surface area contributed by atoms with Crippen molar-refractivity contribution in [3.8, 4) is 0 Å². The fourth-order valence-electron chi connectivity index (χ4n) is 1.42. The molecule has 0 heterocycles. The lowest BCUT2D eigenvalue weighted by Gasteiger charge is -2.07. The Morgan fingerprint density at radius 2 is 1.74 bits per heavy atom. The Bertz CT molecular complexity index is 584. The summed E-state index contributed by atoms with van der Waals surface area (Å²) in [5.41, 5.74) is 3.89. The van der Waals surface area contributed by atoms with Gasteiger partial charge in [-0.1, -0.05) is 42.5 Å². The standard InChI is InChI=1S/C14H12FN3S/c15-12-8-4-5-9-13(12)17-14(19)18-16-10-11-6-2-1-3-7-11/h1-10H,(H2,17,18,19)/b16-10+. The van der Waals surface area contributed by atoms with Crippen LogP contribution in [0, 0.1) is 5.82 Å². The first-order valence-electron chi connectivity index (χ1n) is 5.65. The second kappa shape index (κ2) is 6.61. The van der Waals surface area contributed by atoms with E-state index in [0.29, 0.717) is 5.69 Å². The van der Waals surface area contributed by atoms with Crippen molar-refractivity contribution >= 4 is 29.2 Å². The fourth-order valence-corrected chi connectivity index (χ4v) is 1.58. The highest BCUT2D eigenvalue weighted by Crippen LogP contribution is 2.11. The summed E-state index contributed by atoms with van der Waals surface area (Å²) in [6.07, 6.45) is 1.63. The van der Waals surface area contributed by atoms with Gasteiger partial charge in [-0.2, -0.15) is 5.10 Å². The molecule has 0 saturated carbocycles. The lowest BCUT2D eigenvalue weighted by Crippen LogP contribution is -2.24. The van der Waals surface area contributed by atoms with E-state index in [4.69, 9.17) is 12.2 Å². The Kier molecular flexibility index (Phi) is 4.58. The molecule has 0 aromatic heterocycles. The van der Waals surface area contributed by atoms with Crippen LogP contribution in [0.3, 0.4) is 0 Å². The molecule has 2 N–H and O–H groups in total. The molecule has 0 amide bonds. The number of benzene rings is 2. The van der Waals surface area contributed by atoms with E-state index in [1.165, 1.54) is 6.07 Å². The molecule has 19 heavy (non-hydrogen) atoms. The predicted molar refractivity (Wildman–Crippen MR) is 79.8 cm³/mol. The number of halogens is 1. The van der Waals surface area contributed by atoms with Gasteiger partial charge in [0.1, 0.15) is 5.82 Å². The first kappa shape index (κ1) is 13.2. The molecule has 0 saturated heterocycles. The lowest BCUT2D eigenvalue weighted by molar-refractivity contribution is 0.632. The molecule has 3 nitrogen and oxygen atoms in total. The summed E-state index contributed by atoms with van der Waals surface area (Å²) in [5, 5.41) is 6.93. The average Bonchev–Trinajstić information content (AvgIpc) is 2.43.